The summed E-state index contributed by atoms with van der Waals surface area (Å²) in [6, 6.07) is 0. The molecule has 1 aliphatic rings. The Labute approximate surface area is 120 Å². The van der Waals surface area contributed by atoms with Gasteiger partial charge in [-0.1, -0.05) is 0 Å². The zero-order chi connectivity index (χ0) is 14.1. The van der Waals surface area contributed by atoms with Crippen LogP contribution in [0, 0.1) is 0 Å². The van der Waals surface area contributed by atoms with Crippen LogP contribution in [0.15, 0.2) is 0 Å². The molecule has 0 aromatic heterocycles. The molecule has 0 spiro atoms. The monoisotopic (exact) mass is 289 g/mol. The molecule has 0 aliphatic carbocycles. The number of rotatable bonds is 8. The number of hydrogen-bond acceptors (Lipinski definition) is 5. The van der Waals surface area contributed by atoms with Crippen LogP contribution >= 0.6 is 11.8 Å². The van der Waals surface area contributed by atoms with E-state index in [1.807, 2.05) is 13.8 Å². The first-order valence-electron chi connectivity index (χ1n) is 7.01. The van der Waals surface area contributed by atoms with Gasteiger partial charge < -0.3 is 15.7 Å². The molecular formula is C13H27N3O2S. The fourth-order valence-corrected chi connectivity index (χ4v) is 2.87. The highest BCUT2D eigenvalue weighted by atomic mass is 32.2. The molecule has 0 radical (unpaired) electrons. The molecule has 6 heteroatoms. The molecule has 0 atom stereocenters. The zero-order valence-corrected chi connectivity index (χ0v) is 12.9. The predicted molar refractivity (Wildman–Crippen MR) is 80.6 cm³/mol. The van der Waals surface area contributed by atoms with Crippen molar-refractivity contribution in [1.82, 2.24) is 15.5 Å². The topological polar surface area (TPSA) is 64.6 Å². The molecule has 0 aromatic carbocycles. The van der Waals surface area contributed by atoms with Crippen LogP contribution in [0.25, 0.3) is 0 Å². The van der Waals surface area contributed by atoms with Gasteiger partial charge in [-0.3, -0.25) is 9.69 Å². The molecule has 0 unspecified atom stereocenters. The summed E-state index contributed by atoms with van der Waals surface area (Å²) in [5.74, 6) is 1.97. The number of amides is 1. The van der Waals surface area contributed by atoms with Gasteiger partial charge in [0, 0.05) is 45.1 Å². The van der Waals surface area contributed by atoms with Crippen LogP contribution in [0.5, 0.6) is 0 Å². The number of hydrogen-bond donors (Lipinski definition) is 3. The average Bonchev–Trinajstić information content (AvgIpc) is 2.43. The second-order valence-electron chi connectivity index (χ2n) is 5.24. The lowest BCUT2D eigenvalue weighted by Gasteiger charge is -2.39. The van der Waals surface area contributed by atoms with E-state index >= 15 is 0 Å². The van der Waals surface area contributed by atoms with E-state index in [0.717, 1.165) is 44.1 Å². The van der Waals surface area contributed by atoms with Crippen molar-refractivity contribution in [2.24, 2.45) is 0 Å². The summed E-state index contributed by atoms with van der Waals surface area (Å²) < 4.78 is 0. The first-order valence-corrected chi connectivity index (χ1v) is 8.17. The number of piperazine rings is 1. The fourth-order valence-electron chi connectivity index (χ4n) is 2.09. The summed E-state index contributed by atoms with van der Waals surface area (Å²) in [5, 5.41) is 15.0. The van der Waals surface area contributed by atoms with Crippen molar-refractivity contribution in [3.63, 3.8) is 0 Å². The lowest BCUT2D eigenvalue weighted by Crippen LogP contribution is -2.60. The molecule has 3 N–H and O–H groups in total. The Hall–Kier alpha value is -0.300. The molecule has 1 saturated heterocycles. The molecule has 0 bridgehead atoms. The quantitative estimate of drug-likeness (QED) is 0.545. The Kier molecular flexibility index (Phi) is 7.75. The van der Waals surface area contributed by atoms with Crippen LogP contribution in [0.4, 0.5) is 0 Å². The van der Waals surface area contributed by atoms with Crippen LogP contribution in [-0.2, 0) is 4.79 Å². The third-order valence-corrected chi connectivity index (χ3v) is 4.51. The normalized spacial score (nSPS) is 17.4. The largest absolute Gasteiger partial charge is 0.396 e. The third kappa shape index (κ3) is 5.69. The van der Waals surface area contributed by atoms with Crippen molar-refractivity contribution < 1.29 is 9.90 Å². The van der Waals surface area contributed by atoms with E-state index in [-0.39, 0.29) is 12.5 Å². The Morgan fingerprint density at radius 1 is 1.37 bits per heavy atom. The van der Waals surface area contributed by atoms with Crippen molar-refractivity contribution in [2.45, 2.75) is 25.8 Å². The zero-order valence-electron chi connectivity index (χ0n) is 12.1. The van der Waals surface area contributed by atoms with E-state index in [4.69, 9.17) is 5.11 Å². The van der Waals surface area contributed by atoms with Crippen molar-refractivity contribution >= 4 is 17.7 Å². The Balaban J connectivity index is 2.22. The molecule has 1 fully saturated rings. The summed E-state index contributed by atoms with van der Waals surface area (Å²) in [5.41, 5.74) is -0.433. The van der Waals surface area contributed by atoms with Gasteiger partial charge in [0.1, 0.15) is 0 Å². The minimum atomic E-state index is -0.433. The average molecular weight is 289 g/mol. The van der Waals surface area contributed by atoms with E-state index in [1.54, 1.807) is 11.8 Å². The molecular weight excluding hydrogens is 262 g/mol. The van der Waals surface area contributed by atoms with Gasteiger partial charge in [-0.25, -0.2) is 0 Å². The van der Waals surface area contributed by atoms with Gasteiger partial charge in [-0.15, -0.1) is 0 Å². The fraction of sp³-hybridized carbons (Fsp3) is 0.923. The van der Waals surface area contributed by atoms with Gasteiger partial charge in [0.2, 0.25) is 5.91 Å². The number of nitrogens with one attached hydrogen (secondary N) is 2. The highest BCUT2D eigenvalue weighted by Crippen LogP contribution is 2.15. The maximum atomic E-state index is 12.2. The van der Waals surface area contributed by atoms with Crippen molar-refractivity contribution in [2.75, 3.05) is 50.8 Å². The number of carbonyl (C=O) groups is 1. The van der Waals surface area contributed by atoms with Crippen LogP contribution in [0.3, 0.4) is 0 Å². The number of aliphatic hydroxyl groups excluding tert-OH is 1. The molecule has 1 heterocycles. The van der Waals surface area contributed by atoms with Gasteiger partial charge >= 0.3 is 0 Å². The van der Waals surface area contributed by atoms with Gasteiger partial charge in [0.15, 0.2) is 0 Å². The molecule has 5 nitrogen and oxygen atoms in total. The smallest absolute Gasteiger partial charge is 0.239 e. The van der Waals surface area contributed by atoms with E-state index in [9.17, 15) is 4.79 Å². The Morgan fingerprint density at radius 3 is 2.68 bits per heavy atom. The molecule has 1 aliphatic heterocycles. The second kappa shape index (κ2) is 8.79. The lowest BCUT2D eigenvalue weighted by molar-refractivity contribution is -0.132. The summed E-state index contributed by atoms with van der Waals surface area (Å²) in [6.45, 7) is 8.68. The number of aliphatic hydroxyl groups is 1. The van der Waals surface area contributed by atoms with Crippen LogP contribution < -0.4 is 10.6 Å². The molecule has 1 amide bonds. The lowest BCUT2D eigenvalue weighted by atomic mass is 10.0. The molecule has 0 saturated carbocycles. The maximum absolute atomic E-state index is 12.2. The minimum Gasteiger partial charge on any atom is -0.396 e. The first kappa shape index (κ1) is 16.8. The second-order valence-corrected chi connectivity index (χ2v) is 6.47. The molecule has 112 valence electrons. The van der Waals surface area contributed by atoms with Gasteiger partial charge in [-0.2, -0.15) is 11.8 Å². The molecule has 0 aromatic rings. The van der Waals surface area contributed by atoms with Crippen molar-refractivity contribution in [3.8, 4) is 0 Å². The standard InChI is InChI=1S/C13H27N3O2S/c1-13(2,16-7-4-14-5-8-16)12(18)15-6-11-19-10-3-9-17/h14,17H,3-11H2,1-2H3,(H,15,18). The van der Waals surface area contributed by atoms with Gasteiger partial charge in [0.05, 0.1) is 5.54 Å². The number of thioether (sulfide) groups is 1. The van der Waals surface area contributed by atoms with Crippen LogP contribution in [0.2, 0.25) is 0 Å². The molecule has 19 heavy (non-hydrogen) atoms. The summed E-state index contributed by atoms with van der Waals surface area (Å²) in [4.78, 5) is 14.5. The van der Waals surface area contributed by atoms with E-state index < -0.39 is 5.54 Å². The first-order chi connectivity index (χ1) is 9.09. The maximum Gasteiger partial charge on any atom is 0.239 e. The van der Waals surface area contributed by atoms with E-state index in [1.165, 1.54) is 0 Å². The summed E-state index contributed by atoms with van der Waals surface area (Å²) in [7, 11) is 0. The Bertz CT molecular complexity index is 269. The summed E-state index contributed by atoms with van der Waals surface area (Å²) >= 11 is 1.77. The van der Waals surface area contributed by atoms with E-state index in [2.05, 4.69) is 15.5 Å². The van der Waals surface area contributed by atoms with Crippen molar-refractivity contribution in [1.29, 1.82) is 0 Å². The number of carbonyl (C=O) groups excluding carboxylic acids is 1. The summed E-state index contributed by atoms with van der Waals surface area (Å²) in [6.07, 6.45) is 0.824. The highest BCUT2D eigenvalue weighted by Gasteiger charge is 2.34. The van der Waals surface area contributed by atoms with Crippen molar-refractivity contribution in [3.05, 3.63) is 0 Å². The minimum absolute atomic E-state index is 0.108. The van der Waals surface area contributed by atoms with E-state index in [0.29, 0.717) is 6.54 Å². The predicted octanol–water partition coefficient (Wildman–Crippen LogP) is -0.0980. The molecule has 1 rings (SSSR count). The SMILES string of the molecule is CC(C)(C(=O)NCCSCCCO)N1CCNCC1. The third-order valence-electron chi connectivity index (χ3n) is 3.44. The van der Waals surface area contributed by atoms with Crippen LogP contribution in [0.1, 0.15) is 20.3 Å². The van der Waals surface area contributed by atoms with Gasteiger partial charge in [-0.05, 0) is 26.0 Å². The Morgan fingerprint density at radius 2 is 2.05 bits per heavy atom. The highest BCUT2D eigenvalue weighted by molar-refractivity contribution is 7.99. The van der Waals surface area contributed by atoms with Gasteiger partial charge in [0.25, 0.3) is 0 Å². The number of nitrogens with zero attached hydrogens (tertiary/aromatic N) is 1. The van der Waals surface area contributed by atoms with Crippen LogP contribution in [-0.4, -0.2) is 72.3 Å².